The summed E-state index contributed by atoms with van der Waals surface area (Å²) in [5.74, 6) is -2.28. The molecule has 1 aliphatic carbocycles. The molecule has 0 radical (unpaired) electrons. The number of carbonyl (C=O) groups excluding carboxylic acids is 5. The maximum atomic E-state index is 13.0. The van der Waals surface area contributed by atoms with Crippen LogP contribution in [-0.2, 0) is 33.4 Å². The number of ether oxygens (including phenoxy) is 2. The van der Waals surface area contributed by atoms with Gasteiger partial charge in [0.2, 0.25) is 17.6 Å². The molecule has 3 N–H and O–H groups in total. The average molecular weight is 625 g/mol. The van der Waals surface area contributed by atoms with Crippen LogP contribution in [0.25, 0.3) is 0 Å². The van der Waals surface area contributed by atoms with Gasteiger partial charge in [0.15, 0.2) is 5.78 Å². The Morgan fingerprint density at radius 2 is 1.80 bits per heavy atom. The molecular weight excluding hydrogens is 576 g/mol. The summed E-state index contributed by atoms with van der Waals surface area (Å²) in [6, 6.07) is -0.858. The third-order valence-electron chi connectivity index (χ3n) is 7.64. The van der Waals surface area contributed by atoms with Crippen LogP contribution in [0.5, 0.6) is 0 Å². The predicted molar refractivity (Wildman–Crippen MR) is 171 cm³/mol. The molecule has 0 fully saturated rings. The van der Waals surface area contributed by atoms with Crippen molar-refractivity contribution in [2.45, 2.75) is 97.5 Å². The minimum atomic E-state index is -0.974. The molecule has 10 nitrogen and oxygen atoms in total. The molecule has 2 amide bonds. The largest absolute Gasteiger partial charge is 0.460 e. The third-order valence-corrected chi connectivity index (χ3v) is 7.64. The van der Waals surface area contributed by atoms with E-state index in [1.807, 2.05) is 19.9 Å². The average Bonchev–Trinajstić information content (AvgIpc) is 2.98. The topological polar surface area (TPSA) is 148 Å². The summed E-state index contributed by atoms with van der Waals surface area (Å²) in [5.41, 5.74) is 0.787. The zero-order chi connectivity index (χ0) is 33.5. The van der Waals surface area contributed by atoms with Crippen LogP contribution in [-0.4, -0.2) is 65.9 Å². The molecule has 0 aromatic rings. The number of aliphatic hydroxyl groups excluding tert-OH is 1. The second-order valence-electron chi connectivity index (χ2n) is 11.9. The summed E-state index contributed by atoms with van der Waals surface area (Å²) in [4.78, 5) is 63.2. The minimum absolute atomic E-state index is 0.0596. The van der Waals surface area contributed by atoms with Crippen LogP contribution in [0.3, 0.4) is 0 Å². The van der Waals surface area contributed by atoms with Gasteiger partial charge in [-0.2, -0.15) is 0 Å². The van der Waals surface area contributed by atoms with Crippen LogP contribution in [0.15, 0.2) is 71.5 Å². The lowest BCUT2D eigenvalue weighted by atomic mass is 9.90. The van der Waals surface area contributed by atoms with E-state index in [0.717, 1.165) is 6.08 Å². The van der Waals surface area contributed by atoms with Crippen LogP contribution >= 0.6 is 0 Å². The monoisotopic (exact) mass is 624 g/mol. The van der Waals surface area contributed by atoms with Crippen molar-refractivity contribution in [1.82, 2.24) is 10.6 Å². The molecule has 2 rings (SSSR count). The van der Waals surface area contributed by atoms with Gasteiger partial charge in [-0.25, -0.2) is 4.79 Å². The van der Waals surface area contributed by atoms with Gasteiger partial charge in [-0.3, -0.25) is 19.2 Å². The van der Waals surface area contributed by atoms with Crippen molar-refractivity contribution in [2.75, 3.05) is 7.11 Å². The fraction of sp³-hybridized carbons (Fsp3) is 0.514. The highest BCUT2D eigenvalue weighted by Crippen LogP contribution is 2.24. The molecule has 0 saturated heterocycles. The van der Waals surface area contributed by atoms with Gasteiger partial charge < -0.3 is 25.2 Å². The van der Waals surface area contributed by atoms with E-state index < -0.39 is 53.7 Å². The number of aliphatic hydroxyl groups is 1. The van der Waals surface area contributed by atoms with Crippen LogP contribution in [0.1, 0.15) is 73.1 Å². The molecule has 0 aromatic heterocycles. The number of ketones is 2. The summed E-state index contributed by atoms with van der Waals surface area (Å²) in [6.07, 6.45) is 14.3. The van der Waals surface area contributed by atoms with Crippen molar-refractivity contribution in [1.29, 1.82) is 0 Å². The number of esters is 1. The smallest absolute Gasteiger partial charge is 0.328 e. The highest BCUT2D eigenvalue weighted by molar-refractivity contribution is 6.21. The Balaban J connectivity index is 2.28. The normalized spacial score (nSPS) is 24.5. The zero-order valence-corrected chi connectivity index (χ0v) is 27.2. The van der Waals surface area contributed by atoms with E-state index in [4.69, 9.17) is 9.47 Å². The first-order valence-electron chi connectivity index (χ1n) is 15.5. The Labute approximate surface area is 266 Å². The van der Waals surface area contributed by atoms with E-state index in [0.29, 0.717) is 37.2 Å². The van der Waals surface area contributed by atoms with E-state index >= 15 is 0 Å². The highest BCUT2D eigenvalue weighted by Gasteiger charge is 2.30. The fourth-order valence-electron chi connectivity index (χ4n) is 4.77. The second-order valence-corrected chi connectivity index (χ2v) is 11.9. The number of Topliss-reactive ketones (excluding diaryl/α,β-unsaturated/α-hetero) is 1. The van der Waals surface area contributed by atoms with Gasteiger partial charge in [0.1, 0.15) is 12.1 Å². The number of hydrogen-bond acceptors (Lipinski definition) is 8. The maximum absolute atomic E-state index is 13.0. The number of carbonyl (C=O) groups is 5. The lowest BCUT2D eigenvalue weighted by molar-refractivity contribution is -0.156. The molecular formula is C35H48N2O8. The molecule has 10 heteroatoms. The van der Waals surface area contributed by atoms with Crippen molar-refractivity contribution >= 4 is 29.4 Å². The number of amides is 2. The Kier molecular flexibility index (Phi) is 15.6. The SMILES string of the molecule is COC1C=CC=CC=CCC(OC(=O)C(C)NC(=O)CCC(C)C)C(C)C(O)C(C)=CCCC2=CC(=O)C=C(NC(=O)C1)C2=O. The van der Waals surface area contributed by atoms with E-state index in [1.54, 1.807) is 57.2 Å². The molecule has 2 aliphatic rings. The molecule has 0 aromatic carbocycles. The lowest BCUT2D eigenvalue weighted by Crippen LogP contribution is -2.43. The summed E-state index contributed by atoms with van der Waals surface area (Å²) >= 11 is 0. The predicted octanol–water partition coefficient (Wildman–Crippen LogP) is 4.12. The van der Waals surface area contributed by atoms with Gasteiger partial charge in [0.25, 0.3) is 0 Å². The first kappa shape index (κ1) is 37.3. The van der Waals surface area contributed by atoms with Crippen LogP contribution in [0, 0.1) is 11.8 Å². The van der Waals surface area contributed by atoms with Crippen molar-refractivity contribution in [2.24, 2.45) is 11.8 Å². The van der Waals surface area contributed by atoms with Crippen LogP contribution in [0.2, 0.25) is 0 Å². The van der Waals surface area contributed by atoms with Gasteiger partial charge in [-0.05, 0) is 50.7 Å². The van der Waals surface area contributed by atoms with E-state index in [1.165, 1.54) is 13.2 Å². The lowest BCUT2D eigenvalue weighted by Gasteiger charge is -2.29. The summed E-state index contributed by atoms with van der Waals surface area (Å²) < 4.78 is 11.2. The quantitative estimate of drug-likeness (QED) is 0.218. The Hall–Kier alpha value is -3.89. The van der Waals surface area contributed by atoms with Gasteiger partial charge in [0, 0.05) is 37.5 Å². The molecule has 0 saturated carbocycles. The van der Waals surface area contributed by atoms with Crippen molar-refractivity contribution in [3.8, 4) is 0 Å². The first-order chi connectivity index (χ1) is 21.3. The van der Waals surface area contributed by atoms with Crippen molar-refractivity contribution in [3.05, 3.63) is 71.5 Å². The Morgan fingerprint density at radius 1 is 1.09 bits per heavy atom. The van der Waals surface area contributed by atoms with Gasteiger partial charge in [-0.15, -0.1) is 0 Å². The van der Waals surface area contributed by atoms with Gasteiger partial charge in [-0.1, -0.05) is 63.3 Å². The maximum Gasteiger partial charge on any atom is 0.328 e. The molecule has 246 valence electrons. The highest BCUT2D eigenvalue weighted by atomic mass is 16.5. The Morgan fingerprint density at radius 3 is 2.49 bits per heavy atom. The van der Waals surface area contributed by atoms with Crippen LogP contribution < -0.4 is 10.6 Å². The molecule has 0 spiro atoms. The first-order valence-corrected chi connectivity index (χ1v) is 15.5. The van der Waals surface area contributed by atoms with Crippen molar-refractivity contribution in [3.63, 3.8) is 0 Å². The molecule has 2 bridgehead atoms. The molecule has 1 heterocycles. The number of methoxy groups -OCH3 is 1. The van der Waals surface area contributed by atoms with E-state index in [9.17, 15) is 29.1 Å². The van der Waals surface area contributed by atoms with E-state index in [2.05, 4.69) is 10.6 Å². The molecule has 5 unspecified atom stereocenters. The van der Waals surface area contributed by atoms with Gasteiger partial charge >= 0.3 is 5.97 Å². The Bertz CT molecular complexity index is 1270. The third kappa shape index (κ3) is 12.9. The second kappa shape index (κ2) is 18.8. The summed E-state index contributed by atoms with van der Waals surface area (Å²) in [6.45, 7) is 9.15. The number of fused-ring (bicyclic) bond motifs is 2. The molecule has 1 aliphatic heterocycles. The summed E-state index contributed by atoms with van der Waals surface area (Å²) in [7, 11) is 1.47. The van der Waals surface area contributed by atoms with Crippen LogP contribution in [0.4, 0.5) is 0 Å². The zero-order valence-electron chi connectivity index (χ0n) is 27.2. The van der Waals surface area contributed by atoms with Gasteiger partial charge in [0.05, 0.1) is 24.3 Å². The standard InChI is InChI=1S/C35H48N2O8/c1-22(2)17-18-31(39)36-25(5)35(43)45-30-16-11-9-7-8-10-15-28(44-6)21-32(40)37-29-20-27(38)19-26(34(29)42)14-12-13-23(3)33(41)24(30)4/h7-11,13,15,19-20,22,24-25,28,30,33,41H,12,14,16-18,21H2,1-6H3,(H,36,39)(H,37,40). The van der Waals surface area contributed by atoms with Crippen molar-refractivity contribution < 1.29 is 38.6 Å². The number of hydrogen-bond donors (Lipinski definition) is 3. The fourth-order valence-corrected chi connectivity index (χ4v) is 4.77. The number of rotatable bonds is 7. The number of nitrogens with one attached hydrogen (secondary N) is 2. The molecule has 5 atom stereocenters. The summed E-state index contributed by atoms with van der Waals surface area (Å²) in [5, 5.41) is 16.4. The van der Waals surface area contributed by atoms with E-state index in [-0.39, 0.29) is 30.0 Å². The minimum Gasteiger partial charge on any atom is -0.460 e. The molecule has 45 heavy (non-hydrogen) atoms. The number of allylic oxidation sites excluding steroid dienone is 8.